The van der Waals surface area contributed by atoms with E-state index in [9.17, 15) is 0 Å². The fourth-order valence-corrected chi connectivity index (χ4v) is 2.92. The van der Waals surface area contributed by atoms with Gasteiger partial charge in [0.1, 0.15) is 11.9 Å². The molecule has 1 N–H and O–H groups in total. The second-order valence-electron chi connectivity index (χ2n) is 5.85. The molecule has 3 heteroatoms. The van der Waals surface area contributed by atoms with Gasteiger partial charge in [0.25, 0.3) is 0 Å². The molecule has 0 aliphatic heterocycles. The van der Waals surface area contributed by atoms with Crippen molar-refractivity contribution in [1.29, 1.82) is 0 Å². The Morgan fingerprint density at radius 3 is 2.75 bits per heavy atom. The molecular formula is C17H28N2O. The normalized spacial score (nSPS) is 23.1. The molecule has 0 amide bonds. The van der Waals surface area contributed by atoms with Crippen molar-refractivity contribution in [2.24, 2.45) is 0 Å². The molecule has 0 spiro atoms. The van der Waals surface area contributed by atoms with E-state index < -0.39 is 0 Å². The molecule has 20 heavy (non-hydrogen) atoms. The molecule has 0 bridgehead atoms. The first-order valence-corrected chi connectivity index (χ1v) is 7.88. The molecule has 112 valence electrons. The SMILES string of the molecule is CCNC1CCCCCC1Oc1cccc(N(C)C)c1. The summed E-state index contributed by atoms with van der Waals surface area (Å²) in [4.78, 5) is 2.11. The fourth-order valence-electron chi connectivity index (χ4n) is 2.92. The van der Waals surface area contributed by atoms with Crippen molar-refractivity contribution in [2.45, 2.75) is 51.2 Å². The number of nitrogens with one attached hydrogen (secondary N) is 1. The van der Waals surface area contributed by atoms with E-state index >= 15 is 0 Å². The zero-order valence-electron chi connectivity index (χ0n) is 13.1. The second kappa shape index (κ2) is 7.53. The van der Waals surface area contributed by atoms with Crippen LogP contribution in [-0.4, -0.2) is 32.8 Å². The monoisotopic (exact) mass is 276 g/mol. The minimum absolute atomic E-state index is 0.301. The topological polar surface area (TPSA) is 24.5 Å². The van der Waals surface area contributed by atoms with E-state index in [1.165, 1.54) is 31.4 Å². The summed E-state index contributed by atoms with van der Waals surface area (Å²) in [6, 6.07) is 8.88. The minimum Gasteiger partial charge on any atom is -0.489 e. The maximum absolute atomic E-state index is 6.30. The third-order valence-electron chi connectivity index (χ3n) is 4.04. The van der Waals surface area contributed by atoms with Crippen molar-refractivity contribution in [3.8, 4) is 5.75 Å². The Morgan fingerprint density at radius 2 is 2.00 bits per heavy atom. The molecule has 1 fully saturated rings. The molecular weight excluding hydrogens is 248 g/mol. The van der Waals surface area contributed by atoms with E-state index in [1.807, 2.05) is 0 Å². The number of benzene rings is 1. The van der Waals surface area contributed by atoms with Gasteiger partial charge in [-0.15, -0.1) is 0 Å². The van der Waals surface area contributed by atoms with Gasteiger partial charge in [-0.05, 0) is 37.9 Å². The van der Waals surface area contributed by atoms with Gasteiger partial charge in [-0.1, -0.05) is 25.8 Å². The Bertz CT molecular complexity index is 406. The number of hydrogen-bond donors (Lipinski definition) is 1. The zero-order valence-corrected chi connectivity index (χ0v) is 13.1. The molecule has 2 rings (SSSR count). The van der Waals surface area contributed by atoms with E-state index in [0.29, 0.717) is 12.1 Å². The van der Waals surface area contributed by atoms with Crippen LogP contribution in [0.25, 0.3) is 0 Å². The van der Waals surface area contributed by atoms with Crippen molar-refractivity contribution in [2.75, 3.05) is 25.5 Å². The van der Waals surface area contributed by atoms with Crippen LogP contribution in [0.4, 0.5) is 5.69 Å². The highest BCUT2D eigenvalue weighted by molar-refractivity contribution is 5.49. The molecule has 1 aliphatic rings. The average Bonchev–Trinajstić information content (AvgIpc) is 2.65. The Labute approximate surface area is 123 Å². The van der Waals surface area contributed by atoms with E-state index in [0.717, 1.165) is 18.7 Å². The highest BCUT2D eigenvalue weighted by Crippen LogP contribution is 2.25. The number of likely N-dealkylation sites (N-methyl/N-ethyl adjacent to an activating group) is 1. The van der Waals surface area contributed by atoms with Crippen LogP contribution in [0.1, 0.15) is 39.0 Å². The lowest BCUT2D eigenvalue weighted by Crippen LogP contribution is -2.42. The lowest BCUT2D eigenvalue weighted by molar-refractivity contribution is 0.145. The number of ether oxygens (including phenoxy) is 1. The van der Waals surface area contributed by atoms with Gasteiger partial charge in [0.2, 0.25) is 0 Å². The first-order valence-electron chi connectivity index (χ1n) is 7.88. The first kappa shape index (κ1) is 15.2. The van der Waals surface area contributed by atoms with Crippen LogP contribution in [0.5, 0.6) is 5.75 Å². The summed E-state index contributed by atoms with van der Waals surface area (Å²) < 4.78 is 6.30. The average molecular weight is 276 g/mol. The maximum atomic E-state index is 6.30. The summed E-state index contributed by atoms with van der Waals surface area (Å²) in [6.07, 6.45) is 6.61. The molecule has 2 unspecified atom stereocenters. The Balaban J connectivity index is 2.07. The number of anilines is 1. The van der Waals surface area contributed by atoms with Crippen LogP contribution >= 0.6 is 0 Å². The minimum atomic E-state index is 0.301. The molecule has 3 nitrogen and oxygen atoms in total. The predicted molar refractivity (Wildman–Crippen MR) is 85.7 cm³/mol. The Hall–Kier alpha value is -1.22. The van der Waals surface area contributed by atoms with Crippen LogP contribution in [0.3, 0.4) is 0 Å². The number of rotatable bonds is 5. The fraction of sp³-hybridized carbons (Fsp3) is 0.647. The smallest absolute Gasteiger partial charge is 0.121 e. The third-order valence-corrected chi connectivity index (χ3v) is 4.04. The second-order valence-corrected chi connectivity index (χ2v) is 5.85. The predicted octanol–water partition coefficient (Wildman–Crippen LogP) is 3.44. The van der Waals surface area contributed by atoms with E-state index in [-0.39, 0.29) is 0 Å². The van der Waals surface area contributed by atoms with Crippen molar-refractivity contribution < 1.29 is 4.74 Å². The summed E-state index contributed by atoms with van der Waals surface area (Å²) in [5, 5.41) is 3.60. The third kappa shape index (κ3) is 4.14. The van der Waals surface area contributed by atoms with Gasteiger partial charge in [0.05, 0.1) is 0 Å². The number of hydrogen-bond acceptors (Lipinski definition) is 3. The van der Waals surface area contributed by atoms with Gasteiger partial charge in [-0.25, -0.2) is 0 Å². The molecule has 1 aromatic carbocycles. The van der Waals surface area contributed by atoms with E-state index in [4.69, 9.17) is 4.74 Å². The summed E-state index contributed by atoms with van der Waals surface area (Å²) >= 11 is 0. The molecule has 1 aliphatic carbocycles. The van der Waals surface area contributed by atoms with Gasteiger partial charge in [0, 0.05) is 31.9 Å². The summed E-state index contributed by atoms with van der Waals surface area (Å²) in [6.45, 7) is 3.19. The molecule has 1 saturated carbocycles. The standard InChI is InChI=1S/C17H28N2O/c1-4-18-16-11-6-5-7-12-17(16)20-15-10-8-9-14(13-15)19(2)3/h8-10,13,16-18H,4-7,11-12H2,1-3H3. The van der Waals surface area contributed by atoms with Gasteiger partial charge >= 0.3 is 0 Å². The van der Waals surface area contributed by atoms with Crippen molar-refractivity contribution in [3.63, 3.8) is 0 Å². The van der Waals surface area contributed by atoms with E-state index in [1.54, 1.807) is 0 Å². The quantitative estimate of drug-likeness (QED) is 0.834. The molecule has 1 aromatic rings. The van der Waals surface area contributed by atoms with Crippen LogP contribution in [0.15, 0.2) is 24.3 Å². The summed E-state index contributed by atoms with van der Waals surface area (Å²) in [5.74, 6) is 0.992. The van der Waals surface area contributed by atoms with Gasteiger partial charge < -0.3 is 15.0 Å². The van der Waals surface area contributed by atoms with Crippen LogP contribution in [0.2, 0.25) is 0 Å². The van der Waals surface area contributed by atoms with Crippen LogP contribution in [-0.2, 0) is 0 Å². The summed E-state index contributed by atoms with van der Waals surface area (Å²) in [7, 11) is 4.12. The van der Waals surface area contributed by atoms with Gasteiger partial charge in [-0.3, -0.25) is 0 Å². The first-order chi connectivity index (χ1) is 9.70. The Kier molecular flexibility index (Phi) is 5.72. The molecule has 2 atom stereocenters. The summed E-state index contributed by atoms with van der Waals surface area (Å²) in [5.41, 5.74) is 1.19. The number of nitrogens with zero attached hydrogens (tertiary/aromatic N) is 1. The Morgan fingerprint density at radius 1 is 1.20 bits per heavy atom. The largest absolute Gasteiger partial charge is 0.489 e. The van der Waals surface area contributed by atoms with Crippen molar-refractivity contribution in [3.05, 3.63) is 24.3 Å². The highest BCUT2D eigenvalue weighted by atomic mass is 16.5. The van der Waals surface area contributed by atoms with Gasteiger partial charge in [-0.2, -0.15) is 0 Å². The maximum Gasteiger partial charge on any atom is 0.121 e. The molecule has 0 heterocycles. The van der Waals surface area contributed by atoms with E-state index in [2.05, 4.69) is 55.5 Å². The van der Waals surface area contributed by atoms with Crippen molar-refractivity contribution >= 4 is 5.69 Å². The van der Waals surface area contributed by atoms with Crippen molar-refractivity contribution in [1.82, 2.24) is 5.32 Å². The molecule has 0 saturated heterocycles. The van der Waals surface area contributed by atoms with Crippen LogP contribution < -0.4 is 15.0 Å². The highest BCUT2D eigenvalue weighted by Gasteiger charge is 2.24. The van der Waals surface area contributed by atoms with Gasteiger partial charge in [0.15, 0.2) is 0 Å². The molecule has 0 radical (unpaired) electrons. The van der Waals surface area contributed by atoms with Crippen LogP contribution in [0, 0.1) is 0 Å². The lowest BCUT2D eigenvalue weighted by Gasteiger charge is -2.27. The molecule has 0 aromatic heterocycles. The lowest BCUT2D eigenvalue weighted by atomic mass is 10.1. The zero-order chi connectivity index (χ0) is 14.4.